The minimum absolute atomic E-state index is 0.109. The van der Waals surface area contributed by atoms with Crippen molar-refractivity contribution in [3.05, 3.63) is 11.1 Å². The molecule has 2 fully saturated rings. The summed E-state index contributed by atoms with van der Waals surface area (Å²) < 4.78 is 4.90. The van der Waals surface area contributed by atoms with E-state index in [1.807, 2.05) is 0 Å². The summed E-state index contributed by atoms with van der Waals surface area (Å²) in [4.78, 5) is 58.2. The van der Waals surface area contributed by atoms with Gasteiger partial charge in [0.1, 0.15) is 36.2 Å². The van der Waals surface area contributed by atoms with Crippen molar-refractivity contribution >= 4 is 57.7 Å². The molecule has 1 aromatic heterocycles. The molecule has 0 radical (unpaired) electrons. The van der Waals surface area contributed by atoms with Gasteiger partial charge < -0.3 is 30.6 Å². The number of nitrogens with two attached hydrogens (primary N) is 1. The van der Waals surface area contributed by atoms with Gasteiger partial charge in [-0.05, 0) is 0 Å². The number of carbonyl (C=O) groups excluding carboxylic acids is 3. The molecule has 2 saturated heterocycles. The number of esters is 1. The van der Waals surface area contributed by atoms with Gasteiger partial charge >= 0.3 is 11.9 Å². The first-order valence-corrected chi connectivity index (χ1v) is 10.5. The number of anilines is 1. The standard InChI is InChI=1S/C16H19N5O7S2/c1-7(22)28-5-16(14(25)26)4-21-12(24)10(13(21)30-6-16)19-11(23)9(20-27-2)8-3-29-15(17)18-8/h3,10,13H,4-6H2,1-2H3,(H2,17,18)(H,19,23)(H,25,26)/t10-,13-,16?/m1/s1. The van der Waals surface area contributed by atoms with Crippen molar-refractivity contribution in [1.29, 1.82) is 0 Å². The molecule has 0 aliphatic carbocycles. The van der Waals surface area contributed by atoms with Gasteiger partial charge in [0.25, 0.3) is 5.91 Å². The van der Waals surface area contributed by atoms with E-state index in [9.17, 15) is 24.3 Å². The number of nitrogens with zero attached hydrogens (tertiary/aromatic N) is 3. The van der Waals surface area contributed by atoms with Crippen molar-refractivity contribution in [1.82, 2.24) is 15.2 Å². The van der Waals surface area contributed by atoms with E-state index < -0.39 is 40.6 Å². The third-order valence-electron chi connectivity index (χ3n) is 4.60. The largest absolute Gasteiger partial charge is 0.481 e. The Morgan fingerprint density at radius 2 is 2.23 bits per heavy atom. The fourth-order valence-electron chi connectivity index (χ4n) is 3.05. The van der Waals surface area contributed by atoms with Crippen molar-refractivity contribution in [3.63, 3.8) is 0 Å². The van der Waals surface area contributed by atoms with Crippen LogP contribution in [0.4, 0.5) is 5.13 Å². The Hall–Kier alpha value is -2.87. The Morgan fingerprint density at radius 1 is 1.50 bits per heavy atom. The lowest BCUT2D eigenvalue weighted by Gasteiger charge is -2.53. The number of ether oxygens (including phenoxy) is 1. The summed E-state index contributed by atoms with van der Waals surface area (Å²) >= 11 is 2.31. The summed E-state index contributed by atoms with van der Waals surface area (Å²) in [5.41, 5.74) is 4.26. The second-order valence-corrected chi connectivity index (χ2v) is 8.67. The number of thiazole rings is 1. The predicted molar refractivity (Wildman–Crippen MR) is 107 cm³/mol. The Kier molecular flexibility index (Phi) is 6.17. The number of carboxylic acids is 1. The summed E-state index contributed by atoms with van der Waals surface area (Å²) in [5, 5.41) is 17.2. The topological polar surface area (TPSA) is 174 Å². The lowest BCUT2D eigenvalue weighted by atomic mass is 9.88. The molecule has 2 aliphatic heterocycles. The lowest BCUT2D eigenvalue weighted by Crippen LogP contribution is -2.74. The van der Waals surface area contributed by atoms with E-state index in [1.165, 1.54) is 36.1 Å². The highest BCUT2D eigenvalue weighted by Gasteiger charge is 2.58. The average molecular weight is 457 g/mol. The zero-order valence-electron chi connectivity index (χ0n) is 16.0. The van der Waals surface area contributed by atoms with Crippen LogP contribution in [-0.2, 0) is 28.8 Å². The van der Waals surface area contributed by atoms with Crippen LogP contribution in [0.5, 0.6) is 0 Å². The van der Waals surface area contributed by atoms with Crippen molar-refractivity contribution in [2.24, 2.45) is 10.6 Å². The molecule has 14 heteroatoms. The quantitative estimate of drug-likeness (QED) is 0.202. The number of fused-ring (bicyclic) bond motifs is 1. The van der Waals surface area contributed by atoms with E-state index >= 15 is 0 Å². The van der Waals surface area contributed by atoms with Crippen LogP contribution in [0.25, 0.3) is 0 Å². The molecule has 12 nitrogen and oxygen atoms in total. The van der Waals surface area contributed by atoms with Crippen LogP contribution in [0, 0.1) is 5.41 Å². The number of aliphatic carboxylic acids is 1. The molecule has 2 amide bonds. The predicted octanol–water partition coefficient (Wildman–Crippen LogP) is -0.890. The number of aromatic nitrogens is 1. The first-order valence-electron chi connectivity index (χ1n) is 8.61. The smallest absolute Gasteiger partial charge is 0.315 e. The highest BCUT2D eigenvalue weighted by Crippen LogP contribution is 2.42. The second kappa shape index (κ2) is 8.47. The van der Waals surface area contributed by atoms with Crippen LogP contribution in [0.1, 0.15) is 12.6 Å². The van der Waals surface area contributed by atoms with Gasteiger partial charge in [0, 0.05) is 24.6 Å². The molecule has 0 bridgehead atoms. The molecule has 162 valence electrons. The van der Waals surface area contributed by atoms with Gasteiger partial charge in [-0.2, -0.15) is 0 Å². The number of carbonyl (C=O) groups is 4. The average Bonchev–Trinajstić information content (AvgIpc) is 3.13. The van der Waals surface area contributed by atoms with Crippen LogP contribution in [0.2, 0.25) is 0 Å². The molecule has 0 spiro atoms. The number of rotatable bonds is 7. The minimum Gasteiger partial charge on any atom is -0.481 e. The normalized spacial score (nSPS) is 25.7. The number of β-lactam (4-membered cyclic amide) rings is 1. The summed E-state index contributed by atoms with van der Waals surface area (Å²) in [7, 11) is 1.27. The summed E-state index contributed by atoms with van der Waals surface area (Å²) in [6, 6.07) is -0.860. The number of amides is 2. The SMILES string of the molecule is CON=C(C(=O)N[C@@H]1C(=O)N2CC(COC(C)=O)(C(=O)O)CS[C@H]12)c1csc(N)n1. The van der Waals surface area contributed by atoms with E-state index in [2.05, 4.69) is 15.5 Å². The minimum atomic E-state index is -1.40. The zero-order valence-corrected chi connectivity index (χ0v) is 17.6. The molecule has 3 heterocycles. The lowest BCUT2D eigenvalue weighted by molar-refractivity contribution is -0.164. The van der Waals surface area contributed by atoms with Gasteiger partial charge in [0.15, 0.2) is 10.8 Å². The molecule has 1 aromatic rings. The van der Waals surface area contributed by atoms with E-state index in [-0.39, 0.29) is 35.4 Å². The highest BCUT2D eigenvalue weighted by molar-refractivity contribution is 8.00. The van der Waals surface area contributed by atoms with Gasteiger partial charge in [-0.25, -0.2) is 4.98 Å². The summed E-state index contributed by atoms with van der Waals surface area (Å²) in [5.74, 6) is -2.77. The molecule has 30 heavy (non-hydrogen) atoms. The first kappa shape index (κ1) is 21.8. The number of carboxylic acid groups (broad SMARTS) is 1. The van der Waals surface area contributed by atoms with Gasteiger partial charge in [-0.3, -0.25) is 19.2 Å². The number of nitrogen functional groups attached to an aromatic ring is 1. The van der Waals surface area contributed by atoms with Crippen molar-refractivity contribution in [2.45, 2.75) is 18.3 Å². The number of hydrogen-bond acceptors (Lipinski definition) is 11. The maximum atomic E-state index is 12.6. The third kappa shape index (κ3) is 4.05. The molecular formula is C16H19N5O7S2. The second-order valence-electron chi connectivity index (χ2n) is 6.68. The Balaban J connectivity index is 1.69. The van der Waals surface area contributed by atoms with E-state index in [0.717, 1.165) is 11.3 Å². The Bertz CT molecular complexity index is 920. The Labute approximate surface area is 178 Å². The maximum absolute atomic E-state index is 12.6. The molecular weight excluding hydrogens is 438 g/mol. The fourth-order valence-corrected chi connectivity index (χ4v) is 5.12. The van der Waals surface area contributed by atoms with Gasteiger partial charge in [-0.1, -0.05) is 5.16 Å². The molecule has 2 aliphatic rings. The van der Waals surface area contributed by atoms with Crippen LogP contribution in [-0.4, -0.2) is 81.9 Å². The maximum Gasteiger partial charge on any atom is 0.315 e. The number of nitrogens with one attached hydrogen (secondary N) is 1. The van der Waals surface area contributed by atoms with E-state index in [0.29, 0.717) is 0 Å². The molecule has 3 atom stereocenters. The van der Waals surface area contributed by atoms with E-state index in [4.69, 9.17) is 15.3 Å². The summed E-state index contributed by atoms with van der Waals surface area (Å²) in [6.07, 6.45) is 0. The van der Waals surface area contributed by atoms with Crippen LogP contribution >= 0.6 is 23.1 Å². The van der Waals surface area contributed by atoms with Gasteiger partial charge in [0.2, 0.25) is 5.91 Å². The molecule has 4 N–H and O–H groups in total. The van der Waals surface area contributed by atoms with Crippen molar-refractivity contribution < 1.29 is 33.9 Å². The molecule has 3 rings (SSSR count). The summed E-state index contributed by atoms with van der Waals surface area (Å²) in [6.45, 7) is 0.720. The number of thioether (sulfide) groups is 1. The van der Waals surface area contributed by atoms with Gasteiger partial charge in [0.05, 0.1) is 0 Å². The van der Waals surface area contributed by atoms with Crippen molar-refractivity contribution in [2.75, 3.05) is 31.7 Å². The van der Waals surface area contributed by atoms with Crippen LogP contribution in [0.15, 0.2) is 10.5 Å². The Morgan fingerprint density at radius 3 is 2.80 bits per heavy atom. The number of hydrogen-bond donors (Lipinski definition) is 3. The molecule has 0 aromatic carbocycles. The highest BCUT2D eigenvalue weighted by atomic mass is 32.2. The third-order valence-corrected chi connectivity index (χ3v) is 6.86. The molecule has 0 saturated carbocycles. The zero-order chi connectivity index (χ0) is 22.1. The van der Waals surface area contributed by atoms with Gasteiger partial charge in [-0.15, -0.1) is 23.1 Å². The molecule has 1 unspecified atom stereocenters. The fraction of sp³-hybridized carbons (Fsp3) is 0.500. The number of oxime groups is 1. The van der Waals surface area contributed by atoms with Crippen LogP contribution in [0.3, 0.4) is 0 Å². The van der Waals surface area contributed by atoms with Crippen molar-refractivity contribution in [3.8, 4) is 0 Å². The van der Waals surface area contributed by atoms with E-state index in [1.54, 1.807) is 0 Å². The monoisotopic (exact) mass is 457 g/mol. The first-order chi connectivity index (χ1) is 14.2. The van der Waals surface area contributed by atoms with Crippen LogP contribution < -0.4 is 11.1 Å².